The first-order chi connectivity index (χ1) is 5.07. The third-order valence-corrected chi connectivity index (χ3v) is 2.38. The standard InChI is InChI=1S/C8H13ClOS/c1-6(2)11-5-7(3)8(4)10-9/h5,8H,1H2,2-4H3/b7-5+/t8-/m1/s1. The molecule has 0 saturated carbocycles. The van der Waals surface area contributed by atoms with Crippen LogP contribution in [0.2, 0.25) is 0 Å². The van der Waals surface area contributed by atoms with Crippen molar-refractivity contribution < 1.29 is 4.29 Å². The minimum atomic E-state index is -0.0245. The van der Waals surface area contributed by atoms with Gasteiger partial charge >= 0.3 is 0 Å². The molecule has 1 atom stereocenters. The molecule has 0 rings (SSSR count). The average Bonchev–Trinajstić information content (AvgIpc) is 1.98. The lowest BCUT2D eigenvalue weighted by molar-refractivity contribution is 0.286. The fraction of sp³-hybridized carbons (Fsp3) is 0.500. The highest BCUT2D eigenvalue weighted by atomic mass is 35.5. The summed E-state index contributed by atoms with van der Waals surface area (Å²) in [5.41, 5.74) is 1.10. The molecule has 0 N–H and O–H groups in total. The first-order valence-corrected chi connectivity index (χ1v) is 4.53. The molecule has 0 saturated heterocycles. The van der Waals surface area contributed by atoms with E-state index in [0.717, 1.165) is 10.5 Å². The number of halogens is 1. The number of rotatable bonds is 4. The smallest absolute Gasteiger partial charge is 0.0978 e. The highest BCUT2D eigenvalue weighted by Crippen LogP contribution is 2.18. The summed E-state index contributed by atoms with van der Waals surface area (Å²) in [6.07, 6.45) is -0.0245. The first kappa shape index (κ1) is 11.1. The Kier molecular flexibility index (Phi) is 5.74. The second-order valence-electron chi connectivity index (χ2n) is 2.41. The van der Waals surface area contributed by atoms with Gasteiger partial charge in [0.1, 0.15) is 0 Å². The Morgan fingerprint density at radius 1 is 1.64 bits per heavy atom. The van der Waals surface area contributed by atoms with Crippen LogP contribution in [0.15, 0.2) is 22.5 Å². The molecular formula is C8H13ClOS. The van der Waals surface area contributed by atoms with Crippen LogP contribution in [0.1, 0.15) is 20.8 Å². The molecule has 0 unspecified atom stereocenters. The Morgan fingerprint density at radius 2 is 2.18 bits per heavy atom. The van der Waals surface area contributed by atoms with E-state index in [4.69, 9.17) is 11.9 Å². The van der Waals surface area contributed by atoms with E-state index in [-0.39, 0.29) is 6.10 Å². The van der Waals surface area contributed by atoms with Crippen LogP contribution in [-0.4, -0.2) is 6.10 Å². The van der Waals surface area contributed by atoms with Gasteiger partial charge in [-0.3, -0.25) is 4.29 Å². The maximum atomic E-state index is 5.19. The van der Waals surface area contributed by atoms with E-state index in [1.54, 1.807) is 11.8 Å². The molecule has 0 fully saturated rings. The second-order valence-corrected chi connectivity index (χ2v) is 3.76. The minimum absolute atomic E-state index is 0.0245. The largest absolute Gasteiger partial charge is 0.272 e. The van der Waals surface area contributed by atoms with Crippen LogP contribution < -0.4 is 0 Å². The van der Waals surface area contributed by atoms with Crippen molar-refractivity contribution in [3.63, 3.8) is 0 Å². The van der Waals surface area contributed by atoms with Gasteiger partial charge < -0.3 is 0 Å². The maximum Gasteiger partial charge on any atom is 0.0978 e. The minimum Gasteiger partial charge on any atom is -0.272 e. The summed E-state index contributed by atoms with van der Waals surface area (Å²) >= 11 is 6.78. The highest BCUT2D eigenvalue weighted by Gasteiger charge is 2.01. The number of hydrogen-bond acceptors (Lipinski definition) is 2. The van der Waals surface area contributed by atoms with Crippen LogP contribution >= 0.6 is 23.6 Å². The Labute approximate surface area is 77.6 Å². The molecule has 0 bridgehead atoms. The molecule has 0 radical (unpaired) electrons. The van der Waals surface area contributed by atoms with E-state index in [0.29, 0.717) is 0 Å². The third-order valence-electron chi connectivity index (χ3n) is 1.22. The third kappa shape index (κ3) is 5.36. The molecule has 0 aliphatic rings. The quantitative estimate of drug-likeness (QED) is 0.672. The maximum absolute atomic E-state index is 5.19. The Morgan fingerprint density at radius 3 is 2.55 bits per heavy atom. The Hall–Kier alpha value is 0.0800. The summed E-state index contributed by atoms with van der Waals surface area (Å²) in [6.45, 7) is 9.59. The number of hydrogen-bond donors (Lipinski definition) is 0. The lowest BCUT2D eigenvalue weighted by Crippen LogP contribution is -2.01. The number of allylic oxidation sites excluding steroid dienone is 1. The molecule has 0 aromatic carbocycles. The van der Waals surface area contributed by atoms with Crippen molar-refractivity contribution in [2.75, 3.05) is 0 Å². The summed E-state index contributed by atoms with van der Waals surface area (Å²) in [6, 6.07) is 0. The molecule has 0 amide bonds. The van der Waals surface area contributed by atoms with Crippen molar-refractivity contribution in [1.29, 1.82) is 0 Å². The van der Waals surface area contributed by atoms with Gasteiger partial charge in [0, 0.05) is 0 Å². The fourth-order valence-corrected chi connectivity index (χ4v) is 1.08. The van der Waals surface area contributed by atoms with Gasteiger partial charge in [-0.1, -0.05) is 6.58 Å². The Bertz CT molecular complexity index is 165. The predicted octanol–water partition coefficient (Wildman–Crippen LogP) is 3.72. The predicted molar refractivity (Wildman–Crippen MR) is 52.6 cm³/mol. The summed E-state index contributed by atoms with van der Waals surface area (Å²) in [4.78, 5) is 1.06. The van der Waals surface area contributed by atoms with Crippen LogP contribution in [0.3, 0.4) is 0 Å². The lowest BCUT2D eigenvalue weighted by atomic mass is 10.2. The van der Waals surface area contributed by atoms with E-state index in [1.165, 1.54) is 0 Å². The van der Waals surface area contributed by atoms with Crippen LogP contribution in [0.4, 0.5) is 0 Å². The zero-order valence-corrected chi connectivity index (χ0v) is 8.63. The van der Waals surface area contributed by atoms with Gasteiger partial charge in [0.2, 0.25) is 0 Å². The van der Waals surface area contributed by atoms with Crippen molar-refractivity contribution in [2.45, 2.75) is 26.9 Å². The van der Waals surface area contributed by atoms with Crippen LogP contribution in [0.5, 0.6) is 0 Å². The van der Waals surface area contributed by atoms with Crippen molar-refractivity contribution in [2.24, 2.45) is 0 Å². The average molecular weight is 193 g/mol. The molecule has 0 spiro atoms. The summed E-state index contributed by atoms with van der Waals surface area (Å²) < 4.78 is 4.61. The molecule has 0 aliphatic heterocycles. The fourth-order valence-electron chi connectivity index (χ4n) is 0.360. The van der Waals surface area contributed by atoms with Gasteiger partial charge in [-0.15, -0.1) is 11.8 Å². The molecule has 0 heterocycles. The molecule has 3 heteroatoms. The van der Waals surface area contributed by atoms with Gasteiger partial charge in [0.25, 0.3) is 0 Å². The highest BCUT2D eigenvalue weighted by molar-refractivity contribution is 8.05. The van der Waals surface area contributed by atoms with Gasteiger partial charge in [-0.05, 0) is 36.7 Å². The monoisotopic (exact) mass is 192 g/mol. The molecule has 1 nitrogen and oxygen atoms in total. The van der Waals surface area contributed by atoms with Gasteiger partial charge in [0.15, 0.2) is 0 Å². The molecule has 0 aliphatic carbocycles. The van der Waals surface area contributed by atoms with Crippen molar-refractivity contribution in [3.8, 4) is 0 Å². The van der Waals surface area contributed by atoms with Crippen molar-refractivity contribution in [3.05, 3.63) is 22.5 Å². The molecule has 0 aromatic heterocycles. The second kappa shape index (κ2) is 5.70. The molecule has 11 heavy (non-hydrogen) atoms. The number of thioether (sulfide) groups is 1. The SMILES string of the molecule is C=C(C)S/C=C(\C)[C@@H](C)OCl. The van der Waals surface area contributed by atoms with Gasteiger partial charge in [0.05, 0.1) is 18.0 Å². The molecule has 64 valence electrons. The summed E-state index contributed by atoms with van der Waals surface area (Å²) in [7, 11) is 0. The van der Waals surface area contributed by atoms with E-state index in [1.807, 2.05) is 26.2 Å². The lowest BCUT2D eigenvalue weighted by Gasteiger charge is -2.06. The summed E-state index contributed by atoms with van der Waals surface area (Å²) in [5, 5.41) is 2.00. The van der Waals surface area contributed by atoms with Crippen LogP contribution in [0.25, 0.3) is 0 Å². The van der Waals surface area contributed by atoms with E-state index in [9.17, 15) is 0 Å². The first-order valence-electron chi connectivity index (χ1n) is 3.34. The topological polar surface area (TPSA) is 9.23 Å². The van der Waals surface area contributed by atoms with E-state index in [2.05, 4.69) is 10.9 Å². The molecular weight excluding hydrogens is 180 g/mol. The van der Waals surface area contributed by atoms with Crippen LogP contribution in [-0.2, 0) is 4.29 Å². The van der Waals surface area contributed by atoms with Crippen molar-refractivity contribution in [1.82, 2.24) is 0 Å². The van der Waals surface area contributed by atoms with E-state index >= 15 is 0 Å². The zero-order chi connectivity index (χ0) is 8.85. The van der Waals surface area contributed by atoms with Crippen LogP contribution in [0, 0.1) is 0 Å². The summed E-state index contributed by atoms with van der Waals surface area (Å²) in [5.74, 6) is 0. The molecule has 0 aromatic rings. The van der Waals surface area contributed by atoms with Crippen molar-refractivity contribution >= 4 is 23.6 Å². The van der Waals surface area contributed by atoms with Gasteiger partial charge in [-0.2, -0.15) is 0 Å². The zero-order valence-electron chi connectivity index (χ0n) is 7.06. The van der Waals surface area contributed by atoms with E-state index < -0.39 is 0 Å². The Balaban J connectivity index is 3.89. The van der Waals surface area contributed by atoms with Gasteiger partial charge in [-0.25, -0.2) is 0 Å². The normalized spacial score (nSPS) is 14.7.